The number of aryl methyl sites for hydroxylation is 1. The highest BCUT2D eigenvalue weighted by Gasteiger charge is 2.08. The molecule has 3 aromatic rings. The zero-order valence-corrected chi connectivity index (χ0v) is 13.2. The number of hydrogen-bond acceptors (Lipinski definition) is 6. The third-order valence-corrected chi connectivity index (χ3v) is 3.24. The number of aromatic nitrogens is 2. The van der Waals surface area contributed by atoms with Crippen LogP contribution in [0, 0.1) is 6.92 Å². The molecule has 3 rings (SSSR count). The second-order valence-electron chi connectivity index (χ2n) is 5.07. The van der Waals surface area contributed by atoms with Gasteiger partial charge in [0, 0.05) is 11.6 Å². The Balaban J connectivity index is 1.66. The van der Waals surface area contributed by atoms with Gasteiger partial charge in [-0.2, -0.15) is 0 Å². The summed E-state index contributed by atoms with van der Waals surface area (Å²) >= 11 is 0. The quantitative estimate of drug-likeness (QED) is 0.748. The van der Waals surface area contributed by atoms with E-state index in [1.165, 1.54) is 0 Å². The van der Waals surface area contributed by atoms with Crippen LogP contribution >= 0.6 is 0 Å². The van der Waals surface area contributed by atoms with Gasteiger partial charge in [0.2, 0.25) is 0 Å². The van der Waals surface area contributed by atoms with Crippen LogP contribution in [-0.2, 0) is 0 Å². The number of benzene rings is 1. The molecule has 122 valence electrons. The van der Waals surface area contributed by atoms with Crippen molar-refractivity contribution in [2.24, 2.45) is 0 Å². The molecule has 0 radical (unpaired) electrons. The summed E-state index contributed by atoms with van der Waals surface area (Å²) in [4.78, 5) is 16.5. The maximum Gasteiger partial charge on any atom is 0.255 e. The molecule has 0 aliphatic heterocycles. The second kappa shape index (κ2) is 6.82. The molecule has 2 N–H and O–H groups in total. The third-order valence-electron chi connectivity index (χ3n) is 3.24. The molecule has 0 aliphatic rings. The third kappa shape index (κ3) is 3.70. The SMILES string of the molecule is COc1cccc(C(=O)Nc2ccc(Nc3cc(C)on3)nc2)c1. The van der Waals surface area contributed by atoms with Crippen molar-refractivity contribution in [2.45, 2.75) is 6.92 Å². The number of hydrogen-bond donors (Lipinski definition) is 2. The lowest BCUT2D eigenvalue weighted by Gasteiger charge is -2.07. The van der Waals surface area contributed by atoms with E-state index in [1.54, 1.807) is 55.8 Å². The van der Waals surface area contributed by atoms with E-state index in [0.29, 0.717) is 34.4 Å². The Morgan fingerprint density at radius 2 is 2.04 bits per heavy atom. The number of nitrogens with zero attached hydrogens (tertiary/aromatic N) is 2. The van der Waals surface area contributed by atoms with E-state index >= 15 is 0 Å². The van der Waals surface area contributed by atoms with Gasteiger partial charge in [-0.05, 0) is 37.3 Å². The molecule has 1 aromatic carbocycles. The number of pyridine rings is 1. The van der Waals surface area contributed by atoms with Crippen LogP contribution in [0.5, 0.6) is 5.75 Å². The maximum absolute atomic E-state index is 12.2. The fourth-order valence-corrected chi connectivity index (χ4v) is 2.07. The number of rotatable bonds is 5. The zero-order chi connectivity index (χ0) is 16.9. The number of amides is 1. The Labute approximate surface area is 138 Å². The van der Waals surface area contributed by atoms with Gasteiger partial charge >= 0.3 is 0 Å². The molecule has 0 unspecified atom stereocenters. The van der Waals surface area contributed by atoms with Crippen LogP contribution in [0.15, 0.2) is 53.2 Å². The van der Waals surface area contributed by atoms with E-state index in [9.17, 15) is 4.79 Å². The van der Waals surface area contributed by atoms with Gasteiger partial charge in [-0.1, -0.05) is 11.2 Å². The van der Waals surface area contributed by atoms with E-state index in [-0.39, 0.29) is 5.91 Å². The summed E-state index contributed by atoms with van der Waals surface area (Å²) in [5.74, 6) is 2.28. The van der Waals surface area contributed by atoms with Crippen molar-refractivity contribution >= 4 is 23.2 Å². The lowest BCUT2D eigenvalue weighted by Crippen LogP contribution is -2.12. The van der Waals surface area contributed by atoms with Crippen LogP contribution in [0.25, 0.3) is 0 Å². The van der Waals surface area contributed by atoms with Crippen LogP contribution in [0.1, 0.15) is 16.1 Å². The van der Waals surface area contributed by atoms with Crippen molar-refractivity contribution < 1.29 is 14.1 Å². The molecule has 0 saturated carbocycles. The fraction of sp³-hybridized carbons (Fsp3) is 0.118. The van der Waals surface area contributed by atoms with Gasteiger partial charge in [-0.3, -0.25) is 4.79 Å². The highest BCUT2D eigenvalue weighted by atomic mass is 16.5. The van der Waals surface area contributed by atoms with Crippen LogP contribution in [0.2, 0.25) is 0 Å². The van der Waals surface area contributed by atoms with Crippen molar-refractivity contribution in [1.82, 2.24) is 10.1 Å². The molecule has 0 bridgehead atoms. The minimum atomic E-state index is -0.233. The van der Waals surface area contributed by atoms with Crippen LogP contribution < -0.4 is 15.4 Å². The Hall–Kier alpha value is -3.35. The van der Waals surface area contributed by atoms with E-state index in [4.69, 9.17) is 9.26 Å². The van der Waals surface area contributed by atoms with Gasteiger partial charge in [0.15, 0.2) is 5.82 Å². The van der Waals surface area contributed by atoms with Gasteiger partial charge in [-0.25, -0.2) is 4.98 Å². The van der Waals surface area contributed by atoms with Gasteiger partial charge < -0.3 is 19.9 Å². The van der Waals surface area contributed by atoms with Crippen molar-refractivity contribution in [3.63, 3.8) is 0 Å². The van der Waals surface area contributed by atoms with E-state index < -0.39 is 0 Å². The lowest BCUT2D eigenvalue weighted by atomic mass is 10.2. The summed E-state index contributed by atoms with van der Waals surface area (Å²) < 4.78 is 10.1. The summed E-state index contributed by atoms with van der Waals surface area (Å²) in [5, 5.41) is 9.62. The van der Waals surface area contributed by atoms with Gasteiger partial charge in [-0.15, -0.1) is 0 Å². The van der Waals surface area contributed by atoms with Crippen molar-refractivity contribution in [3.05, 3.63) is 60.0 Å². The average Bonchev–Trinajstić information content (AvgIpc) is 3.01. The van der Waals surface area contributed by atoms with Crippen molar-refractivity contribution in [3.8, 4) is 5.75 Å². The number of methoxy groups -OCH3 is 1. The van der Waals surface area contributed by atoms with Crippen molar-refractivity contribution in [2.75, 3.05) is 17.7 Å². The lowest BCUT2D eigenvalue weighted by molar-refractivity contribution is 0.102. The molecule has 2 aromatic heterocycles. The first-order valence-electron chi connectivity index (χ1n) is 7.26. The fourth-order valence-electron chi connectivity index (χ4n) is 2.07. The molecule has 0 fully saturated rings. The van der Waals surface area contributed by atoms with Crippen LogP contribution in [0.4, 0.5) is 17.3 Å². The molecule has 0 saturated heterocycles. The number of anilines is 3. The number of nitrogens with one attached hydrogen (secondary N) is 2. The van der Waals surface area contributed by atoms with Crippen LogP contribution in [-0.4, -0.2) is 23.2 Å². The highest BCUT2D eigenvalue weighted by molar-refractivity contribution is 6.04. The molecular weight excluding hydrogens is 308 g/mol. The first kappa shape index (κ1) is 15.5. The minimum Gasteiger partial charge on any atom is -0.497 e. The first-order chi connectivity index (χ1) is 11.6. The highest BCUT2D eigenvalue weighted by Crippen LogP contribution is 2.17. The van der Waals surface area contributed by atoms with Gasteiger partial charge in [0.25, 0.3) is 5.91 Å². The predicted octanol–water partition coefficient (Wildman–Crippen LogP) is 3.38. The Morgan fingerprint density at radius 3 is 2.71 bits per heavy atom. The van der Waals surface area contributed by atoms with Gasteiger partial charge in [0.1, 0.15) is 17.3 Å². The minimum absolute atomic E-state index is 0.233. The molecule has 1 amide bonds. The monoisotopic (exact) mass is 324 g/mol. The summed E-state index contributed by atoms with van der Waals surface area (Å²) in [6.45, 7) is 1.81. The van der Waals surface area contributed by atoms with Crippen molar-refractivity contribution in [1.29, 1.82) is 0 Å². The van der Waals surface area contributed by atoms with E-state index in [1.807, 2.05) is 6.92 Å². The molecule has 0 aliphatic carbocycles. The van der Waals surface area contributed by atoms with Gasteiger partial charge in [0.05, 0.1) is 19.0 Å². The normalized spacial score (nSPS) is 10.2. The maximum atomic E-state index is 12.2. The molecule has 0 spiro atoms. The molecule has 0 atom stereocenters. The summed E-state index contributed by atoms with van der Waals surface area (Å²) in [7, 11) is 1.56. The Morgan fingerprint density at radius 1 is 1.17 bits per heavy atom. The average molecular weight is 324 g/mol. The molecule has 7 nitrogen and oxygen atoms in total. The molecule has 2 heterocycles. The summed E-state index contributed by atoms with van der Waals surface area (Å²) in [5.41, 5.74) is 1.10. The standard InChI is InChI=1S/C17H16N4O3/c1-11-8-16(21-24-11)20-15-7-6-13(10-18-15)19-17(22)12-4-3-5-14(9-12)23-2/h3-10H,1-2H3,(H,19,22)(H,18,20,21). The second-order valence-corrected chi connectivity index (χ2v) is 5.07. The number of ether oxygens (including phenoxy) is 1. The summed E-state index contributed by atoms with van der Waals surface area (Å²) in [6.07, 6.45) is 1.56. The number of carbonyl (C=O) groups is 1. The molecule has 24 heavy (non-hydrogen) atoms. The Kier molecular flexibility index (Phi) is 4.42. The first-order valence-corrected chi connectivity index (χ1v) is 7.26. The van der Waals surface area contributed by atoms with E-state index in [0.717, 1.165) is 0 Å². The Bertz CT molecular complexity index is 843. The molecule has 7 heteroatoms. The number of carbonyl (C=O) groups excluding carboxylic acids is 1. The zero-order valence-electron chi connectivity index (χ0n) is 13.2. The largest absolute Gasteiger partial charge is 0.497 e. The topological polar surface area (TPSA) is 89.3 Å². The summed E-state index contributed by atoms with van der Waals surface area (Å²) in [6, 6.07) is 12.2. The smallest absolute Gasteiger partial charge is 0.255 e. The predicted molar refractivity (Wildman–Crippen MR) is 89.7 cm³/mol. The van der Waals surface area contributed by atoms with Crippen LogP contribution in [0.3, 0.4) is 0 Å². The molecular formula is C17H16N4O3. The van der Waals surface area contributed by atoms with E-state index in [2.05, 4.69) is 20.8 Å².